The van der Waals surface area contributed by atoms with Crippen molar-refractivity contribution in [3.05, 3.63) is 53.3 Å². The van der Waals surface area contributed by atoms with Gasteiger partial charge in [0.25, 0.3) is 5.91 Å². The maximum Gasteiger partial charge on any atom is 0.265 e. The van der Waals surface area contributed by atoms with Crippen molar-refractivity contribution in [1.29, 1.82) is 0 Å². The van der Waals surface area contributed by atoms with Crippen LogP contribution < -0.4 is 11.3 Å². The molecule has 20 heavy (non-hydrogen) atoms. The normalized spacial score (nSPS) is 10.8. The smallest absolute Gasteiger partial charge is 0.265 e. The lowest BCUT2D eigenvalue weighted by atomic mass is 10.1. The summed E-state index contributed by atoms with van der Waals surface area (Å²) < 4.78 is 1.79. The number of nitrogens with two attached hydrogens (primary N) is 1. The van der Waals surface area contributed by atoms with E-state index in [4.69, 9.17) is 5.84 Å². The summed E-state index contributed by atoms with van der Waals surface area (Å²) in [5.74, 6) is 4.86. The van der Waals surface area contributed by atoms with Gasteiger partial charge in [-0.2, -0.15) is 5.10 Å². The molecule has 0 saturated carbocycles. The minimum atomic E-state index is -0.276. The van der Waals surface area contributed by atoms with Gasteiger partial charge >= 0.3 is 0 Å². The van der Waals surface area contributed by atoms with E-state index in [-0.39, 0.29) is 5.91 Å². The zero-order valence-electron chi connectivity index (χ0n) is 11.7. The number of nitrogens with one attached hydrogen (secondary N) is 1. The molecule has 3 N–H and O–H groups in total. The number of hydrogen-bond acceptors (Lipinski definition) is 4. The Kier molecular flexibility index (Phi) is 4.49. The molecule has 0 bridgehead atoms. The molecule has 1 heterocycles. The number of nitrogen functional groups attached to an aromatic ring is 1. The van der Waals surface area contributed by atoms with Crippen molar-refractivity contribution in [2.75, 3.05) is 7.05 Å². The lowest BCUT2D eigenvalue weighted by Crippen LogP contribution is -2.30. The third-order valence-electron chi connectivity index (χ3n) is 2.98. The fraction of sp³-hybridized carbons (Fsp3) is 0.286. The molecule has 106 valence electrons. The van der Waals surface area contributed by atoms with Crippen LogP contribution in [-0.2, 0) is 20.1 Å². The first-order valence-corrected chi connectivity index (χ1v) is 6.34. The minimum Gasteiger partial charge on any atom is -0.298 e. The SMILES string of the molecule is CN(Cc1cccc(C(=O)NN)c1)Cc1cnn(C)c1. The number of nitrogens with zero attached hydrogens (tertiary/aromatic N) is 3. The molecular formula is C14H19N5O. The highest BCUT2D eigenvalue weighted by molar-refractivity contribution is 5.93. The molecule has 0 spiro atoms. The summed E-state index contributed by atoms with van der Waals surface area (Å²) in [6, 6.07) is 7.44. The van der Waals surface area contributed by atoms with E-state index in [1.807, 2.05) is 44.7 Å². The van der Waals surface area contributed by atoms with E-state index in [1.165, 1.54) is 0 Å². The molecule has 6 nitrogen and oxygen atoms in total. The summed E-state index contributed by atoms with van der Waals surface area (Å²) in [7, 11) is 3.93. The van der Waals surface area contributed by atoms with Gasteiger partial charge in [-0.15, -0.1) is 0 Å². The van der Waals surface area contributed by atoms with Gasteiger partial charge in [0.2, 0.25) is 0 Å². The van der Waals surface area contributed by atoms with Crippen LogP contribution >= 0.6 is 0 Å². The fourth-order valence-corrected chi connectivity index (χ4v) is 2.13. The van der Waals surface area contributed by atoms with E-state index in [0.717, 1.165) is 24.2 Å². The Morgan fingerprint density at radius 3 is 2.80 bits per heavy atom. The van der Waals surface area contributed by atoms with Crippen LogP contribution in [0.2, 0.25) is 0 Å². The van der Waals surface area contributed by atoms with Crippen LogP contribution in [0.25, 0.3) is 0 Å². The van der Waals surface area contributed by atoms with E-state index in [0.29, 0.717) is 5.56 Å². The Hall–Kier alpha value is -2.18. The number of rotatable bonds is 5. The summed E-state index contributed by atoms with van der Waals surface area (Å²) in [6.07, 6.45) is 3.85. The second-order valence-corrected chi connectivity index (χ2v) is 4.87. The maximum atomic E-state index is 11.5. The van der Waals surface area contributed by atoms with Gasteiger partial charge in [0.05, 0.1) is 6.20 Å². The highest BCUT2D eigenvalue weighted by atomic mass is 16.2. The van der Waals surface area contributed by atoms with Crippen LogP contribution in [0, 0.1) is 0 Å². The molecule has 0 aliphatic rings. The van der Waals surface area contributed by atoms with E-state index in [9.17, 15) is 4.79 Å². The summed E-state index contributed by atoms with van der Waals surface area (Å²) in [6.45, 7) is 1.56. The van der Waals surface area contributed by atoms with Crippen LogP contribution in [0.15, 0.2) is 36.7 Å². The molecular weight excluding hydrogens is 254 g/mol. The maximum absolute atomic E-state index is 11.5. The first kappa shape index (κ1) is 14.2. The van der Waals surface area contributed by atoms with Crippen molar-refractivity contribution in [1.82, 2.24) is 20.1 Å². The molecule has 0 fully saturated rings. The van der Waals surface area contributed by atoms with Gasteiger partial charge in [0, 0.05) is 37.5 Å². The lowest BCUT2D eigenvalue weighted by Gasteiger charge is -2.16. The van der Waals surface area contributed by atoms with Gasteiger partial charge in [-0.05, 0) is 24.7 Å². The second-order valence-electron chi connectivity index (χ2n) is 4.87. The number of benzene rings is 1. The Morgan fingerprint density at radius 1 is 1.40 bits per heavy atom. The summed E-state index contributed by atoms with van der Waals surface area (Å²) >= 11 is 0. The zero-order chi connectivity index (χ0) is 14.5. The molecule has 0 radical (unpaired) electrons. The molecule has 1 aromatic heterocycles. The second kappa shape index (κ2) is 6.31. The number of hydrazine groups is 1. The number of aromatic nitrogens is 2. The van der Waals surface area contributed by atoms with Crippen molar-refractivity contribution in [2.45, 2.75) is 13.1 Å². The van der Waals surface area contributed by atoms with Crippen molar-refractivity contribution < 1.29 is 4.79 Å². The average molecular weight is 273 g/mol. The van der Waals surface area contributed by atoms with E-state index in [2.05, 4.69) is 15.4 Å². The van der Waals surface area contributed by atoms with Gasteiger partial charge < -0.3 is 0 Å². The minimum absolute atomic E-state index is 0.276. The Bertz CT molecular complexity index is 593. The monoisotopic (exact) mass is 273 g/mol. The average Bonchev–Trinajstić information content (AvgIpc) is 2.83. The molecule has 2 rings (SSSR count). The first-order valence-electron chi connectivity index (χ1n) is 6.34. The van der Waals surface area contributed by atoms with Crippen molar-refractivity contribution >= 4 is 5.91 Å². The van der Waals surface area contributed by atoms with Crippen LogP contribution in [0.1, 0.15) is 21.5 Å². The largest absolute Gasteiger partial charge is 0.298 e. The number of carbonyl (C=O) groups excluding carboxylic acids is 1. The molecule has 0 unspecified atom stereocenters. The predicted octanol–water partition coefficient (Wildman–Crippen LogP) is 0.656. The third-order valence-corrected chi connectivity index (χ3v) is 2.98. The highest BCUT2D eigenvalue weighted by Crippen LogP contribution is 2.10. The van der Waals surface area contributed by atoms with Gasteiger partial charge in [0.15, 0.2) is 0 Å². The van der Waals surface area contributed by atoms with Gasteiger partial charge in [-0.3, -0.25) is 19.8 Å². The molecule has 0 atom stereocenters. The predicted molar refractivity (Wildman–Crippen MR) is 76.5 cm³/mol. The third kappa shape index (κ3) is 3.66. The number of amides is 1. The Balaban J connectivity index is 2.00. The summed E-state index contributed by atoms with van der Waals surface area (Å²) in [5, 5.41) is 4.15. The van der Waals surface area contributed by atoms with Crippen molar-refractivity contribution in [3.63, 3.8) is 0 Å². The van der Waals surface area contributed by atoms with Crippen LogP contribution in [0.5, 0.6) is 0 Å². The molecule has 0 aliphatic heterocycles. The number of aryl methyl sites for hydroxylation is 1. The highest BCUT2D eigenvalue weighted by Gasteiger charge is 2.07. The van der Waals surface area contributed by atoms with Gasteiger partial charge in [-0.1, -0.05) is 12.1 Å². The summed E-state index contributed by atoms with van der Waals surface area (Å²) in [4.78, 5) is 13.6. The molecule has 0 saturated heterocycles. The topological polar surface area (TPSA) is 76.2 Å². The molecule has 2 aromatic rings. The van der Waals surface area contributed by atoms with Gasteiger partial charge in [0.1, 0.15) is 0 Å². The standard InChI is InChI=1S/C14H19N5O/c1-18(9-12-7-16-19(2)10-12)8-11-4-3-5-13(6-11)14(20)17-15/h3-7,10H,8-9,15H2,1-2H3,(H,17,20). The van der Waals surface area contributed by atoms with Gasteiger partial charge in [-0.25, -0.2) is 5.84 Å². The van der Waals surface area contributed by atoms with Crippen molar-refractivity contribution in [2.24, 2.45) is 12.9 Å². The van der Waals surface area contributed by atoms with Crippen LogP contribution in [0.3, 0.4) is 0 Å². The molecule has 6 heteroatoms. The molecule has 1 amide bonds. The Morgan fingerprint density at radius 2 is 2.15 bits per heavy atom. The quantitative estimate of drug-likeness (QED) is 0.476. The zero-order valence-corrected chi connectivity index (χ0v) is 11.7. The molecule has 0 aliphatic carbocycles. The van der Waals surface area contributed by atoms with E-state index >= 15 is 0 Å². The van der Waals surface area contributed by atoms with Crippen LogP contribution in [-0.4, -0.2) is 27.6 Å². The Labute approximate surface area is 118 Å². The van der Waals surface area contributed by atoms with Crippen molar-refractivity contribution in [3.8, 4) is 0 Å². The lowest BCUT2D eigenvalue weighted by molar-refractivity contribution is 0.0953. The fourth-order valence-electron chi connectivity index (χ4n) is 2.13. The van der Waals surface area contributed by atoms with E-state index in [1.54, 1.807) is 10.7 Å². The molecule has 1 aromatic carbocycles. The first-order chi connectivity index (χ1) is 9.58. The summed E-state index contributed by atoms with van der Waals surface area (Å²) in [5.41, 5.74) is 4.94. The number of hydrogen-bond donors (Lipinski definition) is 2. The number of carbonyl (C=O) groups is 1. The van der Waals surface area contributed by atoms with Crippen LogP contribution in [0.4, 0.5) is 0 Å². The van der Waals surface area contributed by atoms with E-state index < -0.39 is 0 Å².